The van der Waals surface area contributed by atoms with Crippen molar-refractivity contribution in [3.63, 3.8) is 0 Å². The molecule has 0 spiro atoms. The van der Waals surface area contributed by atoms with Crippen LogP contribution < -0.4 is 11.5 Å². The van der Waals surface area contributed by atoms with E-state index in [0.717, 1.165) is 36.6 Å². The van der Waals surface area contributed by atoms with Crippen LogP contribution in [0.1, 0.15) is 37.7 Å². The minimum absolute atomic E-state index is 0.0166. The molecule has 1 saturated heterocycles. The summed E-state index contributed by atoms with van der Waals surface area (Å²) in [6.45, 7) is 1.29. The summed E-state index contributed by atoms with van der Waals surface area (Å²) in [7, 11) is 0. The average Bonchev–Trinajstić information content (AvgIpc) is 3.27. The van der Waals surface area contributed by atoms with Crippen LogP contribution in [0.3, 0.4) is 0 Å². The fourth-order valence-corrected chi connectivity index (χ4v) is 4.11. The van der Waals surface area contributed by atoms with Gasteiger partial charge in [-0.3, -0.25) is 9.59 Å². The van der Waals surface area contributed by atoms with Crippen molar-refractivity contribution in [3.05, 3.63) is 35.9 Å². The summed E-state index contributed by atoms with van der Waals surface area (Å²) in [4.78, 5) is 26.1. The number of hydrogen-bond donors (Lipinski definition) is 3. The van der Waals surface area contributed by atoms with Crippen LogP contribution in [0.2, 0.25) is 0 Å². The molecule has 1 aromatic carbocycles. The maximum Gasteiger partial charge on any atom is 0.240 e. The van der Waals surface area contributed by atoms with Gasteiger partial charge in [0.2, 0.25) is 5.91 Å². The largest absolute Gasteiger partial charge is 0.384 e. The molecular formula is C21H33N3O4S. The Morgan fingerprint density at radius 2 is 1.93 bits per heavy atom. The Hall–Kier alpha value is -1.45. The molecule has 3 atom stereocenters. The zero-order chi connectivity index (χ0) is 21.1. The van der Waals surface area contributed by atoms with E-state index in [1.165, 1.54) is 0 Å². The molecule has 1 aliphatic heterocycles. The second-order valence-electron chi connectivity index (χ2n) is 7.42. The molecule has 0 aromatic heterocycles. The molecule has 7 nitrogen and oxygen atoms in total. The molecule has 0 saturated carbocycles. The lowest BCUT2D eigenvalue weighted by Gasteiger charge is -2.19. The van der Waals surface area contributed by atoms with Crippen LogP contribution in [-0.4, -0.2) is 64.7 Å². The van der Waals surface area contributed by atoms with Crippen molar-refractivity contribution in [1.29, 1.82) is 0 Å². The van der Waals surface area contributed by atoms with Crippen LogP contribution in [0.5, 0.6) is 0 Å². The third-order valence-electron chi connectivity index (χ3n) is 4.98. The lowest BCUT2D eigenvalue weighted by Crippen LogP contribution is -2.43. The molecule has 0 bridgehead atoms. The number of amides is 1. The second kappa shape index (κ2) is 13.0. The lowest BCUT2D eigenvalue weighted by molar-refractivity contribution is -0.131. The lowest BCUT2D eigenvalue weighted by atomic mass is 10.0. The van der Waals surface area contributed by atoms with Gasteiger partial charge in [-0.15, -0.1) is 11.8 Å². The van der Waals surface area contributed by atoms with Gasteiger partial charge in [0, 0.05) is 18.7 Å². The highest BCUT2D eigenvalue weighted by molar-refractivity contribution is 7.99. The molecule has 1 amide bonds. The Morgan fingerprint density at radius 1 is 1.17 bits per heavy atom. The molecule has 1 aliphatic rings. The fourth-order valence-electron chi connectivity index (χ4n) is 3.15. The van der Waals surface area contributed by atoms with E-state index in [1.807, 2.05) is 30.3 Å². The highest BCUT2D eigenvalue weighted by atomic mass is 32.2. The Kier molecular flexibility index (Phi) is 10.7. The number of aliphatic hydroxyl groups is 1. The van der Waals surface area contributed by atoms with E-state index in [4.69, 9.17) is 16.2 Å². The van der Waals surface area contributed by atoms with Gasteiger partial charge in [0.15, 0.2) is 5.78 Å². The number of aliphatic hydroxyl groups excluding tert-OH is 1. The Morgan fingerprint density at radius 3 is 2.62 bits per heavy atom. The van der Waals surface area contributed by atoms with Crippen molar-refractivity contribution < 1.29 is 19.4 Å². The number of nitrogens with two attached hydrogens (primary N) is 2. The number of nitrogens with zero attached hydrogens (tertiary/aromatic N) is 1. The summed E-state index contributed by atoms with van der Waals surface area (Å²) < 4.78 is 5.50. The molecule has 3 unspecified atom stereocenters. The Labute approximate surface area is 177 Å². The van der Waals surface area contributed by atoms with E-state index in [0.29, 0.717) is 19.4 Å². The van der Waals surface area contributed by atoms with Crippen LogP contribution in [0.25, 0.3) is 0 Å². The number of rotatable bonds is 13. The zero-order valence-electron chi connectivity index (χ0n) is 16.9. The van der Waals surface area contributed by atoms with E-state index < -0.39 is 18.2 Å². The third-order valence-corrected chi connectivity index (χ3v) is 5.94. The van der Waals surface area contributed by atoms with Gasteiger partial charge in [-0.1, -0.05) is 43.2 Å². The molecule has 1 fully saturated rings. The van der Waals surface area contributed by atoms with Crippen molar-refractivity contribution in [3.8, 4) is 0 Å². The summed E-state index contributed by atoms with van der Waals surface area (Å²) in [6, 6.07) is 8.44. The number of ether oxygens (including phenoxy) is 1. The standard InChI is InChI=1S/C21H33N3O4S/c22-17(21(27)24-11-12-29-15-24)9-5-2-6-10-19(25)20(26)18(23)14-28-13-16-7-3-1-4-8-16/h1,3-4,7-8,17-18,20,26H,2,5-6,9-15,22-23H2. The van der Waals surface area contributed by atoms with Crippen molar-refractivity contribution in [2.45, 2.75) is 56.9 Å². The van der Waals surface area contributed by atoms with Gasteiger partial charge in [-0.25, -0.2) is 0 Å². The van der Waals surface area contributed by atoms with Gasteiger partial charge in [-0.2, -0.15) is 0 Å². The van der Waals surface area contributed by atoms with Gasteiger partial charge in [0.05, 0.1) is 31.2 Å². The molecule has 1 heterocycles. The van der Waals surface area contributed by atoms with Crippen LogP contribution in [0, 0.1) is 0 Å². The molecule has 2 rings (SSSR count). The van der Waals surface area contributed by atoms with E-state index in [2.05, 4.69) is 0 Å². The number of carbonyl (C=O) groups excluding carboxylic acids is 2. The molecular weight excluding hydrogens is 390 g/mol. The highest BCUT2D eigenvalue weighted by Gasteiger charge is 2.24. The summed E-state index contributed by atoms with van der Waals surface area (Å²) in [5, 5.41) is 10.1. The average molecular weight is 424 g/mol. The smallest absolute Gasteiger partial charge is 0.240 e. The van der Waals surface area contributed by atoms with E-state index in [-0.39, 0.29) is 24.7 Å². The summed E-state index contributed by atoms with van der Waals surface area (Å²) in [5.74, 6) is 1.45. The van der Waals surface area contributed by atoms with Gasteiger partial charge in [0.1, 0.15) is 6.10 Å². The minimum atomic E-state index is -1.22. The molecule has 8 heteroatoms. The molecule has 0 radical (unpaired) electrons. The highest BCUT2D eigenvalue weighted by Crippen LogP contribution is 2.16. The monoisotopic (exact) mass is 423 g/mol. The van der Waals surface area contributed by atoms with Crippen LogP contribution in [-0.2, 0) is 20.9 Å². The SMILES string of the molecule is NC(CCCCCC(=O)C(O)C(N)COCc1ccccc1)C(=O)N1CCSC1. The molecule has 0 aliphatic carbocycles. The molecule has 29 heavy (non-hydrogen) atoms. The number of unbranched alkanes of at least 4 members (excludes halogenated alkanes) is 2. The van der Waals surface area contributed by atoms with Gasteiger partial charge >= 0.3 is 0 Å². The second-order valence-corrected chi connectivity index (χ2v) is 8.50. The van der Waals surface area contributed by atoms with Crippen LogP contribution in [0.15, 0.2) is 30.3 Å². The van der Waals surface area contributed by atoms with Crippen molar-refractivity contribution in [2.75, 3.05) is 24.8 Å². The number of Topliss-reactive ketones (excluding diaryl/α,β-unsaturated/α-hetero) is 1. The summed E-state index contributed by atoms with van der Waals surface area (Å²) in [6.07, 6.45) is 1.87. The van der Waals surface area contributed by atoms with Crippen molar-refractivity contribution in [1.82, 2.24) is 4.90 Å². The van der Waals surface area contributed by atoms with E-state index in [1.54, 1.807) is 16.7 Å². The molecule has 5 N–H and O–H groups in total. The van der Waals surface area contributed by atoms with E-state index in [9.17, 15) is 14.7 Å². The van der Waals surface area contributed by atoms with Crippen LogP contribution in [0.4, 0.5) is 0 Å². The predicted molar refractivity (Wildman–Crippen MR) is 115 cm³/mol. The van der Waals surface area contributed by atoms with Gasteiger partial charge in [0.25, 0.3) is 0 Å². The van der Waals surface area contributed by atoms with Gasteiger partial charge in [-0.05, 0) is 18.4 Å². The first-order valence-electron chi connectivity index (χ1n) is 10.2. The normalized spacial score (nSPS) is 17.1. The predicted octanol–water partition coefficient (Wildman–Crippen LogP) is 1.27. The quantitative estimate of drug-likeness (QED) is 0.409. The Balaban J connectivity index is 1.54. The Bertz CT molecular complexity index is 626. The van der Waals surface area contributed by atoms with Crippen molar-refractivity contribution >= 4 is 23.5 Å². The molecule has 1 aromatic rings. The summed E-state index contributed by atoms with van der Waals surface area (Å²) in [5.41, 5.74) is 12.9. The third kappa shape index (κ3) is 8.44. The van der Waals surface area contributed by atoms with Crippen molar-refractivity contribution in [2.24, 2.45) is 11.5 Å². The maximum absolute atomic E-state index is 12.1. The first-order valence-corrected chi connectivity index (χ1v) is 11.3. The first kappa shape index (κ1) is 23.8. The number of hydrogen-bond acceptors (Lipinski definition) is 7. The van der Waals surface area contributed by atoms with Gasteiger partial charge < -0.3 is 26.2 Å². The molecule has 162 valence electrons. The van der Waals surface area contributed by atoms with Crippen LogP contribution >= 0.6 is 11.8 Å². The summed E-state index contributed by atoms with van der Waals surface area (Å²) >= 11 is 1.74. The topological polar surface area (TPSA) is 119 Å². The number of benzene rings is 1. The minimum Gasteiger partial charge on any atom is -0.384 e. The zero-order valence-corrected chi connectivity index (χ0v) is 17.7. The first-order chi connectivity index (χ1) is 14.0. The fraction of sp³-hybridized carbons (Fsp3) is 0.619. The van der Waals surface area contributed by atoms with E-state index >= 15 is 0 Å². The maximum atomic E-state index is 12.1. The number of carbonyl (C=O) groups is 2. The number of thioether (sulfide) groups is 1. The number of ketones is 1.